The Labute approximate surface area is 275 Å². The Morgan fingerprint density at radius 2 is 1.19 bits per heavy atom. The lowest BCUT2D eigenvalue weighted by atomic mass is 9.94. The third-order valence-corrected chi connectivity index (χ3v) is 8.84. The molecule has 0 unspecified atom stereocenters. The summed E-state index contributed by atoms with van der Waals surface area (Å²) in [5, 5.41) is 98.5. The highest BCUT2D eigenvalue weighted by Gasteiger charge is 2.53. The highest BCUT2D eigenvalue weighted by molar-refractivity contribution is 5.73. The van der Waals surface area contributed by atoms with E-state index in [1.807, 2.05) is 0 Å². The lowest BCUT2D eigenvalue weighted by Gasteiger charge is -2.49. The molecule has 0 aromatic carbocycles. The van der Waals surface area contributed by atoms with Gasteiger partial charge in [-0.25, -0.2) is 0 Å². The van der Waals surface area contributed by atoms with E-state index in [2.05, 4.69) is 10.6 Å². The number of aliphatic hydroxyl groups excluding tert-OH is 9. The number of nitrogens with one attached hydrogen (secondary N) is 2. The minimum atomic E-state index is -1.79. The van der Waals surface area contributed by atoms with E-state index in [0.29, 0.717) is 0 Å². The summed E-state index contributed by atoms with van der Waals surface area (Å²) >= 11 is 0. The van der Waals surface area contributed by atoms with Crippen molar-refractivity contribution in [3.05, 3.63) is 0 Å². The smallest absolute Gasteiger partial charge is 0.217 e. The molecule has 4 aliphatic rings. The maximum Gasteiger partial charge on any atom is 0.217 e. The van der Waals surface area contributed by atoms with Crippen LogP contribution in [0.2, 0.25) is 0 Å². The zero-order valence-electron chi connectivity index (χ0n) is 26.8. The Morgan fingerprint density at radius 1 is 0.646 bits per heavy atom. The van der Waals surface area contributed by atoms with Crippen molar-refractivity contribution in [2.75, 3.05) is 19.8 Å². The predicted molar refractivity (Wildman–Crippen MR) is 153 cm³/mol. The average molecular weight is 701 g/mol. The third kappa shape index (κ3) is 8.60. The Bertz CT molecular complexity index is 1080. The second-order valence-electron chi connectivity index (χ2n) is 12.5. The van der Waals surface area contributed by atoms with E-state index in [1.165, 1.54) is 20.8 Å². The molecule has 19 atom stereocenters. The Balaban J connectivity index is 1.69. The summed E-state index contributed by atoms with van der Waals surface area (Å²) in [6.07, 6.45) is -25.2. The van der Waals surface area contributed by atoms with Gasteiger partial charge in [0.05, 0.1) is 38.1 Å². The fourth-order valence-electron chi connectivity index (χ4n) is 6.09. The molecule has 4 aliphatic heterocycles. The molecule has 278 valence electrons. The largest absolute Gasteiger partial charge is 0.394 e. The van der Waals surface area contributed by atoms with E-state index >= 15 is 0 Å². The minimum absolute atomic E-state index is 0.269. The molecule has 2 amide bonds. The van der Waals surface area contributed by atoms with Gasteiger partial charge in [-0.05, 0) is 13.8 Å². The van der Waals surface area contributed by atoms with Crippen molar-refractivity contribution in [1.82, 2.24) is 10.6 Å². The van der Waals surface area contributed by atoms with Crippen LogP contribution in [0.3, 0.4) is 0 Å². The molecular formula is C28H48N2O18. The molecule has 11 N–H and O–H groups in total. The molecule has 48 heavy (non-hydrogen) atoms. The fourth-order valence-corrected chi connectivity index (χ4v) is 6.09. The number of rotatable bonds is 10. The number of carbonyl (C=O) groups is 2. The van der Waals surface area contributed by atoms with Crippen LogP contribution in [-0.4, -0.2) is 194 Å². The SMILES string of the molecule is CC(=O)N[C@H]1[C@H](O[C@H]2[C@H](O[C@@H]3O[C@@H](C)[C@@H](O)[C@@H](O)[C@@H]3O)[C@@H](NC(C)=O)CO[C@@H]2CO[C@@H]2O[C@@H](C)[C@@H](O)[C@@H](O)[C@@H]2O)O[C@H](CO)[C@@H](O)[C@@H]1O. The van der Waals surface area contributed by atoms with Gasteiger partial charge in [0.15, 0.2) is 18.9 Å². The van der Waals surface area contributed by atoms with E-state index in [0.717, 1.165) is 6.92 Å². The molecule has 0 radical (unpaired) electrons. The van der Waals surface area contributed by atoms with Gasteiger partial charge >= 0.3 is 0 Å². The van der Waals surface area contributed by atoms with Crippen LogP contribution in [0.15, 0.2) is 0 Å². The number of carbonyl (C=O) groups excluding carboxylic acids is 2. The predicted octanol–water partition coefficient (Wildman–Crippen LogP) is -6.72. The topological polar surface area (TPSA) is 305 Å². The summed E-state index contributed by atoms with van der Waals surface area (Å²) in [5.41, 5.74) is 0. The molecule has 0 bridgehead atoms. The molecule has 4 fully saturated rings. The molecule has 20 nitrogen and oxygen atoms in total. The molecule has 0 spiro atoms. The molecule has 4 rings (SSSR count). The van der Waals surface area contributed by atoms with Crippen molar-refractivity contribution < 1.29 is 88.7 Å². The lowest BCUT2D eigenvalue weighted by Crippen LogP contribution is -2.69. The average Bonchev–Trinajstić information content (AvgIpc) is 3.03. The number of ether oxygens (including phenoxy) is 7. The normalized spacial score (nSPS) is 48.5. The summed E-state index contributed by atoms with van der Waals surface area (Å²) in [6.45, 7) is 3.70. The summed E-state index contributed by atoms with van der Waals surface area (Å²) in [4.78, 5) is 24.3. The molecular weight excluding hydrogens is 652 g/mol. The quantitative estimate of drug-likeness (QED) is 0.101. The Kier molecular flexibility index (Phi) is 13.5. The second kappa shape index (κ2) is 16.5. The number of hydrogen-bond acceptors (Lipinski definition) is 18. The lowest BCUT2D eigenvalue weighted by molar-refractivity contribution is -0.351. The fraction of sp³-hybridized carbons (Fsp3) is 0.929. The zero-order valence-corrected chi connectivity index (χ0v) is 26.8. The summed E-state index contributed by atoms with van der Waals surface area (Å²) in [5.74, 6) is -1.18. The van der Waals surface area contributed by atoms with Gasteiger partial charge in [0.1, 0.15) is 79.3 Å². The van der Waals surface area contributed by atoms with Gasteiger partial charge in [-0.1, -0.05) is 0 Å². The first-order valence-electron chi connectivity index (χ1n) is 15.7. The van der Waals surface area contributed by atoms with Crippen LogP contribution in [0.4, 0.5) is 0 Å². The first kappa shape index (κ1) is 39.1. The van der Waals surface area contributed by atoms with Crippen LogP contribution in [0, 0.1) is 0 Å². The van der Waals surface area contributed by atoms with Crippen LogP contribution in [0.1, 0.15) is 27.7 Å². The molecule has 0 aliphatic carbocycles. The van der Waals surface area contributed by atoms with Crippen molar-refractivity contribution in [2.45, 2.75) is 144 Å². The summed E-state index contributed by atoms with van der Waals surface area (Å²) in [6, 6.07) is -2.49. The first-order chi connectivity index (χ1) is 22.5. The highest BCUT2D eigenvalue weighted by Crippen LogP contribution is 2.32. The van der Waals surface area contributed by atoms with E-state index in [1.54, 1.807) is 0 Å². The van der Waals surface area contributed by atoms with Crippen LogP contribution < -0.4 is 10.6 Å². The second-order valence-corrected chi connectivity index (χ2v) is 12.5. The summed E-state index contributed by atoms with van der Waals surface area (Å²) < 4.78 is 41.0. The van der Waals surface area contributed by atoms with Crippen LogP contribution in [0.25, 0.3) is 0 Å². The van der Waals surface area contributed by atoms with Gasteiger partial charge in [0.25, 0.3) is 0 Å². The van der Waals surface area contributed by atoms with Gasteiger partial charge in [0, 0.05) is 13.8 Å². The van der Waals surface area contributed by atoms with E-state index in [4.69, 9.17) is 33.2 Å². The van der Waals surface area contributed by atoms with Crippen molar-refractivity contribution >= 4 is 11.8 Å². The third-order valence-electron chi connectivity index (χ3n) is 8.84. The Morgan fingerprint density at radius 3 is 1.75 bits per heavy atom. The van der Waals surface area contributed by atoms with Crippen LogP contribution in [0.5, 0.6) is 0 Å². The number of aliphatic hydroxyl groups is 9. The van der Waals surface area contributed by atoms with E-state index in [-0.39, 0.29) is 6.61 Å². The molecule has 4 saturated heterocycles. The van der Waals surface area contributed by atoms with Gasteiger partial charge < -0.3 is 89.8 Å². The Hall–Kier alpha value is -1.70. The van der Waals surface area contributed by atoms with Crippen molar-refractivity contribution in [3.8, 4) is 0 Å². The molecule has 0 aromatic rings. The standard InChI is InChI=1S/C28H48N2O18/c1-8-16(34)20(38)22(40)27(44-8)43-7-14-25(48-26-15(30-11(4)33)19(37)18(36)13(5-31)46-26)24(12(6-42-14)29-10(3)32)47-28-23(41)21(39)17(35)9(2)45-28/h8-9,12-28,31,34-41H,5-7H2,1-4H3,(H,29,32)(H,30,33)/t8-,9-,12-,13+,14+,15+,16+,17+,18+,19+,20+,21+,22-,23-,24+,25+,26-,27+,28-/m0/s1. The van der Waals surface area contributed by atoms with Crippen molar-refractivity contribution in [1.29, 1.82) is 0 Å². The summed E-state index contributed by atoms with van der Waals surface area (Å²) in [7, 11) is 0. The van der Waals surface area contributed by atoms with Crippen LogP contribution in [-0.2, 0) is 42.7 Å². The number of hydrogen-bond donors (Lipinski definition) is 11. The van der Waals surface area contributed by atoms with Crippen molar-refractivity contribution in [3.63, 3.8) is 0 Å². The van der Waals surface area contributed by atoms with Crippen molar-refractivity contribution in [2.24, 2.45) is 0 Å². The maximum absolute atomic E-state index is 12.2. The molecule has 0 saturated carbocycles. The zero-order chi connectivity index (χ0) is 35.6. The first-order valence-corrected chi connectivity index (χ1v) is 15.7. The van der Waals surface area contributed by atoms with Gasteiger partial charge in [-0.3, -0.25) is 9.59 Å². The number of amides is 2. The molecule has 20 heteroatoms. The molecule has 0 aromatic heterocycles. The monoisotopic (exact) mass is 700 g/mol. The van der Waals surface area contributed by atoms with Crippen LogP contribution >= 0.6 is 0 Å². The maximum atomic E-state index is 12.2. The minimum Gasteiger partial charge on any atom is -0.394 e. The van der Waals surface area contributed by atoms with Gasteiger partial charge in [0.2, 0.25) is 11.8 Å². The molecule has 4 heterocycles. The van der Waals surface area contributed by atoms with E-state index < -0.39 is 141 Å². The highest BCUT2D eigenvalue weighted by atomic mass is 16.7. The van der Waals surface area contributed by atoms with Gasteiger partial charge in [-0.15, -0.1) is 0 Å². The van der Waals surface area contributed by atoms with E-state index in [9.17, 15) is 55.5 Å². The van der Waals surface area contributed by atoms with Gasteiger partial charge in [-0.2, -0.15) is 0 Å².